The van der Waals surface area contributed by atoms with E-state index < -0.39 is 0 Å². The number of nitrogens with zero attached hydrogens (tertiary/aromatic N) is 1. The largest absolute Gasteiger partial charge is 0.380 e. The Labute approximate surface area is 110 Å². The van der Waals surface area contributed by atoms with Crippen LogP contribution in [0.4, 0.5) is 0 Å². The van der Waals surface area contributed by atoms with E-state index in [1.165, 1.54) is 0 Å². The fraction of sp³-hybridized carbons (Fsp3) is 0.833. The number of hydrogen-bond donors (Lipinski definition) is 3. The first-order valence-corrected chi connectivity index (χ1v) is 6.22. The highest BCUT2D eigenvalue weighted by Crippen LogP contribution is 1.96. The second-order valence-corrected chi connectivity index (χ2v) is 4.85. The molecule has 3 N–H and O–H groups in total. The van der Waals surface area contributed by atoms with E-state index in [0.29, 0.717) is 25.7 Å². The number of rotatable bonds is 6. The maximum Gasteiger partial charge on any atom is 0.239 e. The molecular formula is C12H26N4O2. The van der Waals surface area contributed by atoms with E-state index in [1.54, 1.807) is 7.05 Å². The highest BCUT2D eigenvalue weighted by molar-refractivity contribution is 5.86. The summed E-state index contributed by atoms with van der Waals surface area (Å²) in [4.78, 5) is 15.6. The zero-order valence-electron chi connectivity index (χ0n) is 12.1. The molecular weight excluding hydrogens is 232 g/mol. The summed E-state index contributed by atoms with van der Waals surface area (Å²) in [7, 11) is 1.66. The van der Waals surface area contributed by atoms with Crippen LogP contribution in [0.25, 0.3) is 0 Å². The average Bonchev–Trinajstić information content (AvgIpc) is 2.26. The van der Waals surface area contributed by atoms with Gasteiger partial charge in [-0.25, -0.2) is 0 Å². The minimum absolute atomic E-state index is 0.0599. The van der Waals surface area contributed by atoms with Gasteiger partial charge in [-0.15, -0.1) is 0 Å². The average molecular weight is 258 g/mol. The minimum Gasteiger partial charge on any atom is -0.380 e. The zero-order chi connectivity index (χ0) is 14.0. The van der Waals surface area contributed by atoms with Crippen molar-refractivity contribution in [3.05, 3.63) is 0 Å². The molecule has 0 heterocycles. The number of aliphatic imine (C=N–C) groups is 1. The van der Waals surface area contributed by atoms with Crippen molar-refractivity contribution in [3.8, 4) is 0 Å². The van der Waals surface area contributed by atoms with Crippen LogP contribution >= 0.6 is 0 Å². The topological polar surface area (TPSA) is 74.8 Å². The number of guanidine groups is 1. The fourth-order valence-corrected chi connectivity index (χ4v) is 1.23. The third-order valence-electron chi connectivity index (χ3n) is 1.90. The summed E-state index contributed by atoms with van der Waals surface area (Å²) in [5, 5.41) is 8.86. The van der Waals surface area contributed by atoms with Crippen LogP contribution in [-0.4, -0.2) is 50.8 Å². The first-order valence-electron chi connectivity index (χ1n) is 6.22. The van der Waals surface area contributed by atoms with Crippen LogP contribution in [0.5, 0.6) is 0 Å². The van der Waals surface area contributed by atoms with Crippen LogP contribution in [0, 0.1) is 0 Å². The van der Waals surface area contributed by atoms with Crippen molar-refractivity contribution in [1.29, 1.82) is 0 Å². The lowest BCUT2D eigenvalue weighted by atomic mass is 10.1. The Morgan fingerprint density at radius 1 is 1.28 bits per heavy atom. The Morgan fingerprint density at radius 2 is 1.94 bits per heavy atom. The second kappa shape index (κ2) is 8.74. The normalized spacial score (nSPS) is 12.2. The van der Waals surface area contributed by atoms with Crippen molar-refractivity contribution in [3.63, 3.8) is 0 Å². The quantitative estimate of drug-likeness (QED) is 0.359. The molecule has 0 aliphatic rings. The van der Waals surface area contributed by atoms with Crippen molar-refractivity contribution < 1.29 is 9.53 Å². The molecule has 0 spiro atoms. The molecule has 0 unspecified atom stereocenters. The number of amides is 1. The van der Waals surface area contributed by atoms with Gasteiger partial charge in [0, 0.05) is 25.7 Å². The van der Waals surface area contributed by atoms with E-state index in [-0.39, 0.29) is 18.0 Å². The molecule has 0 radical (unpaired) electrons. The Morgan fingerprint density at radius 3 is 2.44 bits per heavy atom. The van der Waals surface area contributed by atoms with E-state index in [1.807, 2.05) is 27.7 Å². The number of hydrogen-bond acceptors (Lipinski definition) is 3. The van der Waals surface area contributed by atoms with Crippen molar-refractivity contribution in [2.75, 3.05) is 33.4 Å². The molecule has 0 atom stereocenters. The molecule has 0 aliphatic carbocycles. The first-order chi connectivity index (χ1) is 8.39. The van der Waals surface area contributed by atoms with Crippen LogP contribution < -0.4 is 16.0 Å². The molecule has 18 heavy (non-hydrogen) atoms. The highest BCUT2D eigenvalue weighted by atomic mass is 16.5. The summed E-state index contributed by atoms with van der Waals surface area (Å²) in [5.74, 6) is 0.536. The van der Waals surface area contributed by atoms with Crippen LogP contribution in [0.1, 0.15) is 27.7 Å². The lowest BCUT2D eigenvalue weighted by Gasteiger charge is -2.21. The third-order valence-corrected chi connectivity index (χ3v) is 1.90. The number of ether oxygens (including phenoxy) is 1. The monoisotopic (exact) mass is 258 g/mol. The number of carbonyl (C=O) groups is 1. The highest BCUT2D eigenvalue weighted by Gasteiger charge is 2.13. The predicted molar refractivity (Wildman–Crippen MR) is 73.8 cm³/mol. The van der Waals surface area contributed by atoms with Gasteiger partial charge in [0.25, 0.3) is 0 Å². The van der Waals surface area contributed by atoms with Gasteiger partial charge in [0.1, 0.15) is 0 Å². The smallest absolute Gasteiger partial charge is 0.239 e. The van der Waals surface area contributed by atoms with E-state index in [4.69, 9.17) is 4.74 Å². The van der Waals surface area contributed by atoms with Crippen LogP contribution in [0.2, 0.25) is 0 Å². The number of carbonyl (C=O) groups excluding carboxylic acids is 1. The third kappa shape index (κ3) is 9.89. The van der Waals surface area contributed by atoms with Crippen molar-refractivity contribution in [2.45, 2.75) is 33.2 Å². The molecule has 0 aliphatic heterocycles. The summed E-state index contributed by atoms with van der Waals surface area (Å²) in [5.41, 5.74) is -0.218. The van der Waals surface area contributed by atoms with Crippen LogP contribution in [0.15, 0.2) is 4.99 Å². The van der Waals surface area contributed by atoms with Gasteiger partial charge in [-0.2, -0.15) is 0 Å². The van der Waals surface area contributed by atoms with Gasteiger partial charge in [-0.1, -0.05) is 0 Å². The Bertz CT molecular complexity index is 272. The Hall–Kier alpha value is -1.30. The molecule has 0 bridgehead atoms. The molecule has 6 heteroatoms. The maximum absolute atomic E-state index is 11.6. The summed E-state index contributed by atoms with van der Waals surface area (Å²) in [6.07, 6.45) is 0. The summed E-state index contributed by atoms with van der Waals surface area (Å²) in [6.45, 7) is 9.96. The Balaban J connectivity index is 3.84. The van der Waals surface area contributed by atoms with Gasteiger partial charge in [0.15, 0.2) is 5.96 Å². The molecule has 0 aromatic rings. The second-order valence-electron chi connectivity index (χ2n) is 4.85. The van der Waals surface area contributed by atoms with E-state index >= 15 is 0 Å². The molecule has 6 nitrogen and oxygen atoms in total. The van der Waals surface area contributed by atoms with E-state index in [9.17, 15) is 4.79 Å². The van der Waals surface area contributed by atoms with Crippen LogP contribution in [-0.2, 0) is 9.53 Å². The molecule has 106 valence electrons. The Kier molecular flexibility index (Phi) is 8.11. The molecule has 0 aromatic carbocycles. The molecule has 0 aromatic heterocycles. The van der Waals surface area contributed by atoms with Gasteiger partial charge in [0.2, 0.25) is 5.91 Å². The van der Waals surface area contributed by atoms with Crippen molar-refractivity contribution in [2.24, 2.45) is 4.99 Å². The predicted octanol–water partition coefficient (Wildman–Crippen LogP) is 0.103. The summed E-state index contributed by atoms with van der Waals surface area (Å²) < 4.78 is 5.20. The lowest BCUT2D eigenvalue weighted by molar-refractivity contribution is -0.121. The molecule has 1 amide bonds. The van der Waals surface area contributed by atoms with Gasteiger partial charge < -0.3 is 20.7 Å². The van der Waals surface area contributed by atoms with Gasteiger partial charge in [-0.3, -0.25) is 9.79 Å². The van der Waals surface area contributed by atoms with Gasteiger partial charge in [-0.05, 0) is 27.7 Å². The molecule has 0 rings (SSSR count). The standard InChI is InChI=1S/C12H26N4O2/c1-6-18-8-7-14-11(13-5)15-9-10(17)16-12(2,3)4/h6-9H2,1-5H3,(H,16,17)(H2,13,14,15). The van der Waals surface area contributed by atoms with Crippen molar-refractivity contribution >= 4 is 11.9 Å². The number of nitrogens with one attached hydrogen (secondary N) is 3. The zero-order valence-corrected chi connectivity index (χ0v) is 12.1. The summed E-state index contributed by atoms with van der Waals surface area (Å²) in [6, 6.07) is 0. The van der Waals surface area contributed by atoms with E-state index in [0.717, 1.165) is 0 Å². The van der Waals surface area contributed by atoms with Crippen LogP contribution in [0.3, 0.4) is 0 Å². The first kappa shape index (κ1) is 16.7. The van der Waals surface area contributed by atoms with Gasteiger partial charge in [0.05, 0.1) is 13.2 Å². The molecule has 0 fully saturated rings. The van der Waals surface area contributed by atoms with Crippen molar-refractivity contribution in [1.82, 2.24) is 16.0 Å². The molecule has 0 saturated heterocycles. The van der Waals surface area contributed by atoms with E-state index in [2.05, 4.69) is 20.9 Å². The minimum atomic E-state index is -0.218. The van der Waals surface area contributed by atoms with Gasteiger partial charge >= 0.3 is 0 Å². The lowest BCUT2D eigenvalue weighted by Crippen LogP contribution is -2.48. The SMILES string of the molecule is CCOCCNC(=NC)NCC(=O)NC(C)(C)C. The summed E-state index contributed by atoms with van der Waals surface area (Å²) >= 11 is 0. The maximum atomic E-state index is 11.6. The fourth-order valence-electron chi connectivity index (χ4n) is 1.23. The molecule has 0 saturated carbocycles.